The summed E-state index contributed by atoms with van der Waals surface area (Å²) < 4.78 is 11.8. The van der Waals surface area contributed by atoms with Gasteiger partial charge in [-0.3, -0.25) is 0 Å². The van der Waals surface area contributed by atoms with Crippen molar-refractivity contribution >= 4 is 17.8 Å². The second kappa shape index (κ2) is 9.30. The summed E-state index contributed by atoms with van der Waals surface area (Å²) in [6.07, 6.45) is 1.76. The molecule has 0 aromatic heterocycles. The highest BCUT2D eigenvalue weighted by atomic mass is 16.7. The van der Waals surface area contributed by atoms with Crippen molar-refractivity contribution in [3.63, 3.8) is 0 Å². The maximum absolute atomic E-state index is 12.3. The monoisotopic (exact) mass is 413 g/mol. The van der Waals surface area contributed by atoms with E-state index in [0.717, 1.165) is 16.7 Å². The lowest BCUT2D eigenvalue weighted by Gasteiger charge is -2.13. The van der Waals surface area contributed by atoms with Crippen LogP contribution in [0.2, 0.25) is 0 Å². The van der Waals surface area contributed by atoms with Crippen molar-refractivity contribution in [3.05, 3.63) is 101 Å². The fourth-order valence-electron chi connectivity index (χ4n) is 3.23. The first-order chi connectivity index (χ1) is 15.1. The van der Waals surface area contributed by atoms with Gasteiger partial charge in [0.2, 0.25) is 0 Å². The maximum atomic E-state index is 12.3. The highest BCUT2D eigenvalue weighted by molar-refractivity contribution is 6.31. The van der Waals surface area contributed by atoms with Crippen molar-refractivity contribution in [3.8, 4) is 11.5 Å². The number of rotatable bonds is 7. The Labute approximate surface area is 181 Å². The van der Waals surface area contributed by atoms with Crippen LogP contribution in [-0.4, -0.2) is 18.3 Å². The zero-order valence-electron chi connectivity index (χ0n) is 17.5. The number of oxime groups is 1. The molecule has 0 aliphatic carbocycles. The van der Waals surface area contributed by atoms with Gasteiger partial charge < -0.3 is 14.3 Å². The van der Waals surface area contributed by atoms with Crippen LogP contribution in [0, 0.1) is 6.92 Å². The van der Waals surface area contributed by atoms with Crippen LogP contribution in [-0.2, 0) is 16.2 Å². The molecule has 0 saturated heterocycles. The second-order valence-corrected chi connectivity index (χ2v) is 7.16. The molecular weight excluding hydrogens is 390 g/mol. The Morgan fingerprint density at radius 1 is 0.935 bits per heavy atom. The van der Waals surface area contributed by atoms with E-state index in [-0.39, 0.29) is 0 Å². The molecule has 3 aromatic rings. The molecule has 4 rings (SSSR count). The molecule has 3 aromatic carbocycles. The summed E-state index contributed by atoms with van der Waals surface area (Å²) in [5, 5.41) is 3.95. The van der Waals surface area contributed by atoms with E-state index in [0.29, 0.717) is 36.0 Å². The molecule has 5 heteroatoms. The van der Waals surface area contributed by atoms with Crippen LogP contribution in [0.4, 0.5) is 0 Å². The van der Waals surface area contributed by atoms with Gasteiger partial charge in [0.1, 0.15) is 12.3 Å². The number of nitrogens with zero attached hydrogens (tertiary/aromatic N) is 1. The Balaban J connectivity index is 1.58. The van der Waals surface area contributed by atoms with Gasteiger partial charge in [-0.2, -0.15) is 0 Å². The Bertz CT molecular complexity index is 1130. The van der Waals surface area contributed by atoms with Gasteiger partial charge >= 0.3 is 5.97 Å². The number of aryl methyl sites for hydroxylation is 1. The van der Waals surface area contributed by atoms with Crippen molar-refractivity contribution in [2.45, 2.75) is 20.5 Å². The molecule has 0 bridgehead atoms. The lowest BCUT2D eigenvalue weighted by Crippen LogP contribution is -2.06. The van der Waals surface area contributed by atoms with E-state index in [9.17, 15) is 4.79 Å². The molecule has 0 amide bonds. The maximum Gasteiger partial charge on any atom is 0.368 e. The van der Waals surface area contributed by atoms with Crippen molar-refractivity contribution in [1.82, 2.24) is 0 Å². The first-order valence-corrected chi connectivity index (χ1v) is 10.2. The van der Waals surface area contributed by atoms with Crippen LogP contribution in [0.3, 0.4) is 0 Å². The summed E-state index contributed by atoms with van der Waals surface area (Å²) >= 11 is 0. The molecule has 0 saturated carbocycles. The number of hydrogen-bond acceptors (Lipinski definition) is 5. The summed E-state index contributed by atoms with van der Waals surface area (Å²) in [5.74, 6) is 0.792. The Morgan fingerprint density at radius 2 is 1.71 bits per heavy atom. The summed E-state index contributed by atoms with van der Waals surface area (Å²) in [6.45, 7) is 4.92. The van der Waals surface area contributed by atoms with Crippen molar-refractivity contribution < 1.29 is 19.1 Å². The second-order valence-electron chi connectivity index (χ2n) is 7.16. The molecule has 0 radical (unpaired) electrons. The number of hydrogen-bond donors (Lipinski definition) is 0. The molecule has 0 N–H and O–H groups in total. The molecule has 5 nitrogen and oxygen atoms in total. The Morgan fingerprint density at radius 3 is 2.45 bits per heavy atom. The normalized spacial score (nSPS) is 14.3. The quantitative estimate of drug-likeness (QED) is 0.389. The van der Waals surface area contributed by atoms with Gasteiger partial charge in [0, 0.05) is 5.56 Å². The molecule has 1 aliphatic heterocycles. The van der Waals surface area contributed by atoms with E-state index in [1.54, 1.807) is 6.08 Å². The lowest BCUT2D eigenvalue weighted by molar-refractivity contribution is -0.136. The topological polar surface area (TPSA) is 57.1 Å². The highest BCUT2D eigenvalue weighted by Gasteiger charge is 2.26. The lowest BCUT2D eigenvalue weighted by atomic mass is 10.0. The number of benzene rings is 3. The largest absolute Gasteiger partial charge is 0.490 e. The SMILES string of the molecule is CCOc1cc(/C=C2\C(=O)ON=C2c2ccccc2)ccc1OCc1ccc(C)cc1. The first-order valence-electron chi connectivity index (χ1n) is 10.2. The van der Waals surface area contributed by atoms with E-state index in [1.165, 1.54) is 5.56 Å². The van der Waals surface area contributed by atoms with Crippen molar-refractivity contribution in [2.75, 3.05) is 6.61 Å². The fourth-order valence-corrected chi connectivity index (χ4v) is 3.23. The van der Waals surface area contributed by atoms with Gasteiger partial charge in [0.25, 0.3) is 0 Å². The molecule has 31 heavy (non-hydrogen) atoms. The van der Waals surface area contributed by atoms with Gasteiger partial charge in [-0.15, -0.1) is 0 Å². The minimum atomic E-state index is -0.475. The summed E-state index contributed by atoms with van der Waals surface area (Å²) in [4.78, 5) is 17.2. The summed E-state index contributed by atoms with van der Waals surface area (Å²) in [6, 6.07) is 23.3. The highest BCUT2D eigenvalue weighted by Crippen LogP contribution is 2.31. The number of carbonyl (C=O) groups is 1. The van der Waals surface area contributed by atoms with E-state index >= 15 is 0 Å². The Kier molecular flexibility index (Phi) is 6.13. The third kappa shape index (κ3) is 4.83. The zero-order valence-corrected chi connectivity index (χ0v) is 17.5. The van der Waals surface area contributed by atoms with Gasteiger partial charge in [0.15, 0.2) is 11.5 Å². The summed E-state index contributed by atoms with van der Waals surface area (Å²) in [5.41, 5.74) is 4.83. The molecule has 1 aliphatic rings. The minimum Gasteiger partial charge on any atom is -0.490 e. The molecule has 0 atom stereocenters. The van der Waals surface area contributed by atoms with E-state index < -0.39 is 5.97 Å². The van der Waals surface area contributed by atoms with Crippen LogP contribution < -0.4 is 9.47 Å². The van der Waals surface area contributed by atoms with E-state index in [1.807, 2.05) is 67.6 Å². The fraction of sp³-hybridized carbons (Fsp3) is 0.154. The van der Waals surface area contributed by atoms with Crippen LogP contribution in [0.15, 0.2) is 83.5 Å². The van der Waals surface area contributed by atoms with Gasteiger partial charge in [-0.05, 0) is 43.2 Å². The van der Waals surface area contributed by atoms with Crippen LogP contribution >= 0.6 is 0 Å². The zero-order chi connectivity index (χ0) is 21.6. The van der Waals surface area contributed by atoms with Gasteiger partial charge in [-0.25, -0.2) is 4.79 Å². The van der Waals surface area contributed by atoms with Crippen molar-refractivity contribution in [1.29, 1.82) is 0 Å². The standard InChI is InChI=1S/C26H23NO4/c1-3-29-24-16-20(13-14-23(24)30-17-19-11-9-18(2)10-12-19)15-22-25(27-31-26(22)28)21-7-5-4-6-8-21/h4-16H,3,17H2,1-2H3/b22-15-. The average Bonchev–Trinajstić information content (AvgIpc) is 3.15. The predicted molar refractivity (Wildman–Crippen MR) is 120 cm³/mol. The average molecular weight is 413 g/mol. The van der Waals surface area contributed by atoms with Gasteiger partial charge in [-0.1, -0.05) is 71.4 Å². The smallest absolute Gasteiger partial charge is 0.368 e. The molecule has 1 heterocycles. The predicted octanol–water partition coefficient (Wildman–Crippen LogP) is 5.32. The number of carbonyl (C=O) groups excluding carboxylic acids is 1. The van der Waals surface area contributed by atoms with E-state index in [2.05, 4.69) is 24.2 Å². The molecule has 0 unspecified atom stereocenters. The summed E-state index contributed by atoms with van der Waals surface area (Å²) in [7, 11) is 0. The molecule has 156 valence electrons. The van der Waals surface area contributed by atoms with E-state index in [4.69, 9.17) is 14.3 Å². The van der Waals surface area contributed by atoms with Crippen LogP contribution in [0.25, 0.3) is 6.08 Å². The first kappa shape index (κ1) is 20.4. The third-order valence-corrected chi connectivity index (χ3v) is 4.84. The molecule has 0 spiro atoms. The van der Waals surface area contributed by atoms with Gasteiger partial charge in [0.05, 0.1) is 12.2 Å². The Hall–Kier alpha value is -3.86. The minimum absolute atomic E-state index is 0.405. The number of ether oxygens (including phenoxy) is 2. The molecular formula is C26H23NO4. The molecule has 0 fully saturated rings. The van der Waals surface area contributed by atoms with Crippen LogP contribution in [0.1, 0.15) is 29.2 Å². The van der Waals surface area contributed by atoms with Crippen LogP contribution in [0.5, 0.6) is 11.5 Å². The van der Waals surface area contributed by atoms with Crippen molar-refractivity contribution in [2.24, 2.45) is 5.16 Å². The third-order valence-electron chi connectivity index (χ3n) is 4.84.